The molecule has 1 rings (SSSR count). The smallest absolute Gasteiger partial charge is 0.378 e. The molecule has 0 spiro atoms. The molecule has 0 radical (unpaired) electrons. The van der Waals surface area contributed by atoms with Crippen molar-refractivity contribution in [2.45, 2.75) is 58.4 Å². The van der Waals surface area contributed by atoms with Crippen molar-refractivity contribution in [3.8, 4) is 0 Å². The minimum Gasteiger partial charge on any atom is -0.378 e. The summed E-state index contributed by atoms with van der Waals surface area (Å²) in [5.74, 6) is 0. The summed E-state index contributed by atoms with van der Waals surface area (Å²) in [5.41, 5.74) is 5.44. The summed E-state index contributed by atoms with van der Waals surface area (Å²) >= 11 is 0. The average Bonchev–Trinajstić information content (AvgIpc) is 2.26. The van der Waals surface area contributed by atoms with Crippen LogP contribution >= 0.6 is 0 Å². The lowest BCUT2D eigenvalue weighted by Crippen LogP contribution is -2.73. The van der Waals surface area contributed by atoms with Gasteiger partial charge < -0.3 is 10.5 Å². The fraction of sp³-hybridized carbons (Fsp3) is 1.00. The van der Waals surface area contributed by atoms with Gasteiger partial charge in [-0.05, 0) is 26.3 Å². The predicted molar refractivity (Wildman–Crippen MR) is 73.5 cm³/mol. The molecule has 2 N–H and O–H groups in total. The summed E-state index contributed by atoms with van der Waals surface area (Å²) in [5, 5.41) is 0. The van der Waals surface area contributed by atoms with Crippen molar-refractivity contribution in [3.05, 3.63) is 0 Å². The molecular formula is C14H27F3N2O. The van der Waals surface area contributed by atoms with Gasteiger partial charge in [0.15, 0.2) is 0 Å². The molecule has 0 aromatic carbocycles. The summed E-state index contributed by atoms with van der Waals surface area (Å²) in [7, 11) is 0. The van der Waals surface area contributed by atoms with Crippen LogP contribution < -0.4 is 5.73 Å². The summed E-state index contributed by atoms with van der Waals surface area (Å²) < 4.78 is 43.4. The van der Waals surface area contributed by atoms with E-state index in [-0.39, 0.29) is 18.1 Å². The lowest BCUT2D eigenvalue weighted by Gasteiger charge is -2.60. The van der Waals surface area contributed by atoms with Gasteiger partial charge in [0.1, 0.15) is 0 Å². The normalized spacial score (nSPS) is 29.6. The molecule has 1 saturated carbocycles. The maximum atomic E-state index is 12.6. The highest BCUT2D eigenvalue weighted by atomic mass is 19.4. The number of nitrogens with zero attached hydrogens (tertiary/aromatic N) is 1. The number of alkyl halides is 3. The van der Waals surface area contributed by atoms with E-state index in [9.17, 15) is 13.2 Å². The fourth-order valence-electron chi connectivity index (χ4n) is 2.96. The molecule has 3 nitrogen and oxygen atoms in total. The van der Waals surface area contributed by atoms with Gasteiger partial charge >= 0.3 is 6.18 Å². The summed E-state index contributed by atoms with van der Waals surface area (Å²) in [6.07, 6.45) is -2.85. The molecule has 0 bridgehead atoms. The Morgan fingerprint density at radius 1 is 1.30 bits per heavy atom. The van der Waals surface area contributed by atoms with Gasteiger partial charge in [-0.2, -0.15) is 13.2 Å². The Labute approximate surface area is 119 Å². The van der Waals surface area contributed by atoms with Crippen molar-refractivity contribution in [2.24, 2.45) is 11.1 Å². The summed E-state index contributed by atoms with van der Waals surface area (Å²) in [6, 6.07) is 0. The van der Waals surface area contributed by atoms with Gasteiger partial charge in [0, 0.05) is 24.1 Å². The monoisotopic (exact) mass is 296 g/mol. The van der Waals surface area contributed by atoms with Crippen molar-refractivity contribution in [3.63, 3.8) is 0 Å². The Morgan fingerprint density at radius 2 is 1.90 bits per heavy atom. The molecule has 0 heterocycles. The number of rotatable bonds is 7. The first kappa shape index (κ1) is 17.7. The molecule has 2 atom stereocenters. The lowest BCUT2D eigenvalue weighted by molar-refractivity contribution is -0.175. The van der Waals surface area contributed by atoms with Gasteiger partial charge in [0.05, 0.1) is 12.6 Å². The third-order valence-corrected chi connectivity index (χ3v) is 4.45. The zero-order valence-electron chi connectivity index (χ0n) is 12.9. The van der Waals surface area contributed by atoms with Crippen LogP contribution in [0.2, 0.25) is 0 Å². The number of hydrogen-bond acceptors (Lipinski definition) is 3. The Bertz CT molecular complexity index is 320. The van der Waals surface area contributed by atoms with Gasteiger partial charge in [-0.1, -0.05) is 20.8 Å². The molecule has 0 aliphatic heterocycles. The Balaban J connectivity index is 2.69. The van der Waals surface area contributed by atoms with Crippen molar-refractivity contribution >= 4 is 0 Å². The largest absolute Gasteiger partial charge is 0.401 e. The van der Waals surface area contributed by atoms with Crippen LogP contribution in [0, 0.1) is 5.41 Å². The zero-order valence-corrected chi connectivity index (χ0v) is 12.9. The molecule has 120 valence electrons. The van der Waals surface area contributed by atoms with Crippen molar-refractivity contribution < 1.29 is 17.9 Å². The third kappa shape index (κ3) is 3.86. The van der Waals surface area contributed by atoms with Crippen LogP contribution in [0.1, 0.15) is 40.5 Å². The van der Waals surface area contributed by atoms with Crippen LogP contribution in [-0.2, 0) is 4.74 Å². The Kier molecular flexibility index (Phi) is 5.49. The highest BCUT2D eigenvalue weighted by molar-refractivity contribution is 5.14. The molecule has 0 aromatic rings. The molecule has 1 fully saturated rings. The molecule has 20 heavy (non-hydrogen) atoms. The van der Waals surface area contributed by atoms with E-state index in [4.69, 9.17) is 10.5 Å². The van der Waals surface area contributed by atoms with E-state index in [1.54, 1.807) is 0 Å². The minimum atomic E-state index is -4.18. The second-order valence-electron chi connectivity index (χ2n) is 6.35. The number of halogens is 3. The second-order valence-corrected chi connectivity index (χ2v) is 6.35. The van der Waals surface area contributed by atoms with Crippen LogP contribution in [0.25, 0.3) is 0 Å². The molecular weight excluding hydrogens is 269 g/mol. The van der Waals surface area contributed by atoms with Gasteiger partial charge in [-0.3, -0.25) is 4.90 Å². The first-order valence-electron chi connectivity index (χ1n) is 7.25. The quantitative estimate of drug-likeness (QED) is 0.785. The second kappa shape index (κ2) is 6.20. The summed E-state index contributed by atoms with van der Waals surface area (Å²) in [4.78, 5) is 1.42. The SMILES string of the molecule is CCCN(CC(F)(F)F)CC1(N)CC(OCC)C1(C)C. The van der Waals surface area contributed by atoms with Crippen LogP contribution in [0.5, 0.6) is 0 Å². The number of hydrogen-bond donors (Lipinski definition) is 1. The van der Waals surface area contributed by atoms with Gasteiger partial charge in [0.2, 0.25) is 0 Å². The van der Waals surface area contributed by atoms with Crippen LogP contribution in [0.4, 0.5) is 13.2 Å². The van der Waals surface area contributed by atoms with Gasteiger partial charge in [-0.25, -0.2) is 0 Å². The predicted octanol–water partition coefficient (Wildman–Crippen LogP) is 2.79. The summed E-state index contributed by atoms with van der Waals surface area (Å²) in [6.45, 7) is 8.13. The van der Waals surface area contributed by atoms with Gasteiger partial charge in [-0.15, -0.1) is 0 Å². The highest BCUT2D eigenvalue weighted by Crippen LogP contribution is 2.50. The molecule has 6 heteroatoms. The zero-order chi connectivity index (χ0) is 15.6. The standard InChI is InChI=1S/C14H27F3N2O/c1-5-7-19(10-14(15,16)17)9-13(18)8-11(20-6-2)12(13,3)4/h11H,5-10,18H2,1-4H3. The van der Waals surface area contributed by atoms with E-state index in [1.807, 2.05) is 27.7 Å². The van der Waals surface area contributed by atoms with E-state index < -0.39 is 18.3 Å². The van der Waals surface area contributed by atoms with E-state index in [2.05, 4.69) is 0 Å². The topological polar surface area (TPSA) is 38.5 Å². The molecule has 0 aromatic heterocycles. The molecule has 2 unspecified atom stereocenters. The van der Waals surface area contributed by atoms with E-state index >= 15 is 0 Å². The Hall–Kier alpha value is -0.330. The van der Waals surface area contributed by atoms with E-state index in [0.29, 0.717) is 26.0 Å². The molecule has 0 saturated heterocycles. The maximum absolute atomic E-state index is 12.6. The molecule has 1 aliphatic carbocycles. The molecule has 0 amide bonds. The third-order valence-electron chi connectivity index (χ3n) is 4.45. The van der Waals surface area contributed by atoms with Gasteiger partial charge in [0.25, 0.3) is 0 Å². The maximum Gasteiger partial charge on any atom is 0.401 e. The van der Waals surface area contributed by atoms with E-state index in [0.717, 1.165) is 0 Å². The minimum absolute atomic E-state index is 0.0341. The first-order valence-corrected chi connectivity index (χ1v) is 7.25. The lowest BCUT2D eigenvalue weighted by atomic mass is 9.54. The number of nitrogens with two attached hydrogens (primary N) is 1. The van der Waals surface area contributed by atoms with Crippen LogP contribution in [-0.4, -0.2) is 49.0 Å². The Morgan fingerprint density at radius 3 is 2.30 bits per heavy atom. The van der Waals surface area contributed by atoms with Crippen molar-refractivity contribution in [1.82, 2.24) is 4.90 Å². The number of ether oxygens (including phenoxy) is 1. The molecule has 1 aliphatic rings. The average molecular weight is 296 g/mol. The van der Waals surface area contributed by atoms with Crippen molar-refractivity contribution in [1.29, 1.82) is 0 Å². The van der Waals surface area contributed by atoms with E-state index in [1.165, 1.54) is 4.90 Å². The first-order chi connectivity index (χ1) is 9.05. The van der Waals surface area contributed by atoms with Crippen LogP contribution in [0.15, 0.2) is 0 Å². The van der Waals surface area contributed by atoms with Crippen LogP contribution in [0.3, 0.4) is 0 Å². The fourth-order valence-corrected chi connectivity index (χ4v) is 2.96. The van der Waals surface area contributed by atoms with Crippen molar-refractivity contribution in [2.75, 3.05) is 26.2 Å². The highest BCUT2D eigenvalue weighted by Gasteiger charge is 2.59.